The third-order valence-electron chi connectivity index (χ3n) is 5.57. The molecule has 0 saturated heterocycles. The molecule has 0 fully saturated rings. The molecular formula is C29H24N4O3. The van der Waals surface area contributed by atoms with Gasteiger partial charge in [-0.2, -0.15) is 0 Å². The van der Waals surface area contributed by atoms with Crippen LogP contribution in [0, 0.1) is 6.92 Å². The Hall–Kier alpha value is -4.78. The van der Waals surface area contributed by atoms with Crippen molar-refractivity contribution in [2.24, 2.45) is 0 Å². The minimum atomic E-state index is -0.184. The molecule has 5 aromatic rings. The average Bonchev–Trinajstić information content (AvgIpc) is 3.42. The maximum Gasteiger partial charge on any atom is 0.251 e. The molecule has 2 heterocycles. The number of carbonyl (C=O) groups excluding carboxylic acids is 1. The Balaban J connectivity index is 1.18. The van der Waals surface area contributed by atoms with Gasteiger partial charge in [-0.15, -0.1) is 10.2 Å². The normalized spacial score (nSPS) is 10.7. The number of pyridine rings is 1. The third kappa shape index (κ3) is 5.64. The summed E-state index contributed by atoms with van der Waals surface area (Å²) in [4.78, 5) is 16.9. The highest BCUT2D eigenvalue weighted by Crippen LogP contribution is 2.24. The summed E-state index contributed by atoms with van der Waals surface area (Å²) in [6.07, 6.45) is 1.67. The van der Waals surface area contributed by atoms with E-state index in [4.69, 9.17) is 9.15 Å². The number of hydrogen-bond acceptors (Lipinski definition) is 6. The summed E-state index contributed by atoms with van der Waals surface area (Å²) in [7, 11) is 0. The molecule has 178 valence electrons. The molecule has 7 nitrogen and oxygen atoms in total. The number of nitrogens with zero attached hydrogens (tertiary/aromatic N) is 3. The molecule has 7 heteroatoms. The van der Waals surface area contributed by atoms with Crippen LogP contribution in [0.4, 0.5) is 0 Å². The average molecular weight is 477 g/mol. The summed E-state index contributed by atoms with van der Waals surface area (Å²) in [5, 5.41) is 11.2. The number of aromatic nitrogens is 3. The molecular weight excluding hydrogens is 452 g/mol. The van der Waals surface area contributed by atoms with Gasteiger partial charge >= 0.3 is 0 Å². The molecule has 36 heavy (non-hydrogen) atoms. The van der Waals surface area contributed by atoms with Crippen molar-refractivity contribution in [3.8, 4) is 28.8 Å². The Morgan fingerprint density at radius 3 is 2.39 bits per heavy atom. The van der Waals surface area contributed by atoms with Gasteiger partial charge in [-0.25, -0.2) is 4.98 Å². The predicted molar refractivity (Wildman–Crippen MR) is 136 cm³/mol. The van der Waals surface area contributed by atoms with Crippen LogP contribution in [0.15, 0.2) is 102 Å². The predicted octanol–water partition coefficient (Wildman–Crippen LogP) is 5.62. The molecule has 0 bridgehead atoms. The third-order valence-corrected chi connectivity index (χ3v) is 5.57. The van der Waals surface area contributed by atoms with Gasteiger partial charge in [0.05, 0.1) is 0 Å². The zero-order chi connectivity index (χ0) is 24.7. The van der Waals surface area contributed by atoms with Gasteiger partial charge in [-0.05, 0) is 60.5 Å². The quantitative estimate of drug-likeness (QED) is 0.313. The lowest BCUT2D eigenvalue weighted by atomic mass is 10.1. The van der Waals surface area contributed by atoms with Crippen LogP contribution in [0.25, 0.3) is 22.9 Å². The maximum atomic E-state index is 12.7. The molecule has 0 aliphatic heterocycles. The Morgan fingerprint density at radius 1 is 0.833 bits per heavy atom. The van der Waals surface area contributed by atoms with Gasteiger partial charge in [-0.1, -0.05) is 48.0 Å². The van der Waals surface area contributed by atoms with E-state index in [2.05, 4.69) is 20.5 Å². The molecule has 0 aliphatic carbocycles. The first-order valence-corrected chi connectivity index (χ1v) is 11.5. The fraction of sp³-hybridized carbons (Fsp3) is 0.103. The van der Waals surface area contributed by atoms with Crippen LogP contribution < -0.4 is 10.1 Å². The van der Waals surface area contributed by atoms with Crippen LogP contribution in [0.5, 0.6) is 5.88 Å². The van der Waals surface area contributed by atoms with Crippen molar-refractivity contribution in [1.29, 1.82) is 0 Å². The Morgan fingerprint density at radius 2 is 1.61 bits per heavy atom. The number of carbonyl (C=O) groups is 1. The first-order valence-electron chi connectivity index (χ1n) is 11.5. The van der Waals surface area contributed by atoms with E-state index in [1.165, 1.54) is 0 Å². The van der Waals surface area contributed by atoms with Gasteiger partial charge in [0.1, 0.15) is 6.61 Å². The fourth-order valence-corrected chi connectivity index (χ4v) is 3.65. The van der Waals surface area contributed by atoms with Crippen LogP contribution in [0.2, 0.25) is 0 Å². The minimum Gasteiger partial charge on any atom is -0.473 e. The molecule has 0 saturated carbocycles. The van der Waals surface area contributed by atoms with E-state index in [1.807, 2.05) is 73.7 Å². The van der Waals surface area contributed by atoms with Crippen LogP contribution in [0.1, 0.15) is 27.0 Å². The number of nitrogens with one attached hydrogen (secondary N) is 1. The maximum absolute atomic E-state index is 12.7. The molecule has 0 spiro atoms. The van der Waals surface area contributed by atoms with Crippen LogP contribution in [0.3, 0.4) is 0 Å². The van der Waals surface area contributed by atoms with Crippen molar-refractivity contribution >= 4 is 5.91 Å². The van der Waals surface area contributed by atoms with Gasteiger partial charge in [0.2, 0.25) is 17.7 Å². The van der Waals surface area contributed by atoms with Gasteiger partial charge in [0, 0.05) is 35.5 Å². The molecule has 0 radical (unpaired) electrons. The van der Waals surface area contributed by atoms with E-state index in [1.54, 1.807) is 30.5 Å². The second-order valence-electron chi connectivity index (χ2n) is 8.32. The monoisotopic (exact) mass is 476 g/mol. The van der Waals surface area contributed by atoms with Crippen molar-refractivity contribution in [2.75, 3.05) is 0 Å². The van der Waals surface area contributed by atoms with Crippen molar-refractivity contribution in [3.05, 3.63) is 119 Å². The number of benzene rings is 3. The van der Waals surface area contributed by atoms with Crippen molar-refractivity contribution in [1.82, 2.24) is 20.5 Å². The second-order valence-corrected chi connectivity index (χ2v) is 8.32. The van der Waals surface area contributed by atoms with E-state index < -0.39 is 0 Å². The highest BCUT2D eigenvalue weighted by molar-refractivity contribution is 5.94. The first kappa shape index (κ1) is 23.0. The van der Waals surface area contributed by atoms with E-state index in [9.17, 15) is 4.79 Å². The van der Waals surface area contributed by atoms with Crippen molar-refractivity contribution in [3.63, 3.8) is 0 Å². The summed E-state index contributed by atoms with van der Waals surface area (Å²) in [6, 6.07) is 28.5. The van der Waals surface area contributed by atoms with E-state index in [-0.39, 0.29) is 5.91 Å². The highest BCUT2D eigenvalue weighted by Gasteiger charge is 2.12. The van der Waals surface area contributed by atoms with Crippen LogP contribution in [-0.4, -0.2) is 21.1 Å². The zero-order valence-corrected chi connectivity index (χ0v) is 19.7. The molecule has 3 aromatic carbocycles. The largest absolute Gasteiger partial charge is 0.473 e. The molecule has 0 unspecified atom stereocenters. The highest BCUT2D eigenvalue weighted by atomic mass is 16.5. The summed E-state index contributed by atoms with van der Waals surface area (Å²) in [6.45, 7) is 2.80. The summed E-state index contributed by atoms with van der Waals surface area (Å²) < 4.78 is 11.6. The molecule has 1 amide bonds. The van der Waals surface area contributed by atoms with Gasteiger partial charge < -0.3 is 14.5 Å². The molecule has 0 atom stereocenters. The molecule has 1 N–H and O–H groups in total. The lowest BCUT2D eigenvalue weighted by Crippen LogP contribution is -2.22. The van der Waals surface area contributed by atoms with Crippen LogP contribution >= 0.6 is 0 Å². The number of rotatable bonds is 8. The van der Waals surface area contributed by atoms with Gasteiger partial charge in [-0.3, -0.25) is 4.79 Å². The Bertz CT molecular complexity index is 1460. The van der Waals surface area contributed by atoms with E-state index >= 15 is 0 Å². The summed E-state index contributed by atoms with van der Waals surface area (Å²) in [5.41, 5.74) is 5.22. The number of hydrogen-bond donors (Lipinski definition) is 1. The summed E-state index contributed by atoms with van der Waals surface area (Å²) in [5.74, 6) is 1.19. The zero-order valence-electron chi connectivity index (χ0n) is 19.7. The number of aryl methyl sites for hydroxylation is 1. The topological polar surface area (TPSA) is 90.1 Å². The molecule has 0 aliphatic rings. The molecule has 5 rings (SSSR count). The Kier molecular flexibility index (Phi) is 6.80. The number of ether oxygens (including phenoxy) is 1. The fourth-order valence-electron chi connectivity index (χ4n) is 3.65. The lowest BCUT2D eigenvalue weighted by Gasteiger charge is -2.09. The van der Waals surface area contributed by atoms with E-state index in [0.29, 0.717) is 36.4 Å². The minimum absolute atomic E-state index is 0.184. The lowest BCUT2D eigenvalue weighted by molar-refractivity contribution is 0.0951. The molecule has 2 aromatic heterocycles. The smallest absolute Gasteiger partial charge is 0.251 e. The van der Waals surface area contributed by atoms with Crippen molar-refractivity contribution in [2.45, 2.75) is 20.1 Å². The Labute approximate surface area is 208 Å². The summed E-state index contributed by atoms with van der Waals surface area (Å²) >= 11 is 0. The SMILES string of the molecule is Cc1cccc(-c2nnc(-c3ccc(C(=O)NCc4ccnc(OCc5ccccc5)c4)cc3)o2)c1. The van der Waals surface area contributed by atoms with E-state index in [0.717, 1.165) is 27.8 Å². The van der Waals surface area contributed by atoms with Gasteiger partial charge in [0.25, 0.3) is 5.91 Å². The van der Waals surface area contributed by atoms with Crippen molar-refractivity contribution < 1.29 is 13.9 Å². The van der Waals surface area contributed by atoms with Crippen LogP contribution in [-0.2, 0) is 13.2 Å². The second kappa shape index (κ2) is 10.7. The standard InChI is InChI=1S/C29H24N4O3/c1-20-6-5-9-25(16-20)29-33-32-28(36-29)24-12-10-23(11-13-24)27(34)31-18-22-14-15-30-26(17-22)35-19-21-7-3-2-4-8-21/h2-17H,18-19H2,1H3,(H,31,34). The van der Waals surface area contributed by atoms with Gasteiger partial charge in [0.15, 0.2) is 0 Å². The number of amides is 1. The first-order chi connectivity index (χ1) is 17.6.